The number of nitrogens with zero attached hydrogens (tertiary/aromatic N) is 2. The average molecular weight is 312 g/mol. The number of benzene rings is 1. The lowest BCUT2D eigenvalue weighted by Crippen LogP contribution is -2.32. The molecule has 0 radical (unpaired) electrons. The molecule has 0 bridgehead atoms. The minimum absolute atomic E-state index is 0.0544. The van der Waals surface area contributed by atoms with E-state index in [1.807, 2.05) is 0 Å². The molecule has 1 aliphatic rings. The summed E-state index contributed by atoms with van der Waals surface area (Å²) in [5.41, 5.74) is 0.184. The number of aliphatic hydroxyl groups is 1. The van der Waals surface area contributed by atoms with Crippen molar-refractivity contribution in [3.63, 3.8) is 0 Å². The molecule has 0 saturated heterocycles. The summed E-state index contributed by atoms with van der Waals surface area (Å²) in [5, 5.41) is 10.5. The standard InChI is InChI=1S/C14H14F2N2O4/c1-17-7-9(12(19)14(17)21)13(20)18(22-2)6-8-3-4-10(15)11(16)5-8/h3-5,19H,6-7H2,1-2H3. The molecule has 2 rings (SSSR count). The van der Waals surface area contributed by atoms with Gasteiger partial charge in [-0.15, -0.1) is 0 Å². The van der Waals surface area contributed by atoms with Gasteiger partial charge in [0.05, 0.1) is 25.8 Å². The molecule has 0 atom stereocenters. The normalized spacial score (nSPS) is 14.7. The van der Waals surface area contributed by atoms with Gasteiger partial charge in [-0.1, -0.05) is 6.07 Å². The van der Waals surface area contributed by atoms with E-state index < -0.39 is 29.2 Å². The second-order valence-corrected chi connectivity index (χ2v) is 4.76. The summed E-state index contributed by atoms with van der Waals surface area (Å²) in [7, 11) is 2.65. The third-order valence-corrected chi connectivity index (χ3v) is 3.25. The van der Waals surface area contributed by atoms with Crippen LogP contribution in [0.5, 0.6) is 0 Å². The van der Waals surface area contributed by atoms with Gasteiger partial charge in [-0.2, -0.15) is 0 Å². The van der Waals surface area contributed by atoms with Gasteiger partial charge in [0, 0.05) is 7.05 Å². The van der Waals surface area contributed by atoms with E-state index in [1.54, 1.807) is 0 Å². The van der Waals surface area contributed by atoms with Crippen LogP contribution in [0.4, 0.5) is 8.78 Å². The van der Waals surface area contributed by atoms with Crippen molar-refractivity contribution >= 4 is 11.8 Å². The Kier molecular flexibility index (Phi) is 4.41. The Hall–Kier alpha value is -2.48. The number of carbonyl (C=O) groups excluding carboxylic acids is 2. The minimum atomic E-state index is -1.04. The molecule has 0 saturated carbocycles. The molecular formula is C14H14F2N2O4. The third-order valence-electron chi connectivity index (χ3n) is 3.25. The van der Waals surface area contributed by atoms with Gasteiger partial charge in [0.1, 0.15) is 0 Å². The van der Waals surface area contributed by atoms with Crippen LogP contribution < -0.4 is 0 Å². The van der Waals surface area contributed by atoms with Crippen LogP contribution >= 0.6 is 0 Å². The summed E-state index contributed by atoms with van der Waals surface area (Å²) < 4.78 is 26.1. The number of hydrogen-bond donors (Lipinski definition) is 1. The largest absolute Gasteiger partial charge is 0.503 e. The quantitative estimate of drug-likeness (QED) is 0.847. The van der Waals surface area contributed by atoms with E-state index in [-0.39, 0.29) is 18.7 Å². The van der Waals surface area contributed by atoms with Crippen LogP contribution in [0.15, 0.2) is 29.5 Å². The molecule has 118 valence electrons. The lowest BCUT2D eigenvalue weighted by molar-refractivity contribution is -0.174. The molecule has 6 nitrogen and oxygen atoms in total. The number of amides is 2. The summed E-state index contributed by atoms with van der Waals surface area (Å²) in [5.74, 6) is -4.06. The van der Waals surface area contributed by atoms with Crippen molar-refractivity contribution in [2.75, 3.05) is 20.7 Å². The molecule has 0 fully saturated rings. The first-order valence-corrected chi connectivity index (χ1v) is 6.32. The number of rotatable bonds is 4. The van der Waals surface area contributed by atoms with Gasteiger partial charge >= 0.3 is 0 Å². The molecule has 0 spiro atoms. The van der Waals surface area contributed by atoms with E-state index >= 15 is 0 Å². The first-order valence-electron chi connectivity index (χ1n) is 6.32. The number of likely N-dealkylation sites (N-methyl/N-ethyl adjacent to an activating group) is 1. The summed E-state index contributed by atoms with van der Waals surface area (Å²) in [6, 6.07) is 3.18. The Morgan fingerprint density at radius 1 is 1.41 bits per heavy atom. The molecule has 0 unspecified atom stereocenters. The van der Waals surface area contributed by atoms with Gasteiger partial charge in [0.15, 0.2) is 17.4 Å². The van der Waals surface area contributed by atoms with Gasteiger partial charge < -0.3 is 10.0 Å². The van der Waals surface area contributed by atoms with Crippen LogP contribution in [0.3, 0.4) is 0 Å². The van der Waals surface area contributed by atoms with E-state index in [0.29, 0.717) is 5.56 Å². The second kappa shape index (κ2) is 6.10. The van der Waals surface area contributed by atoms with E-state index in [1.165, 1.54) is 25.1 Å². The summed E-state index contributed by atoms with van der Waals surface area (Å²) in [6.07, 6.45) is 0. The fourth-order valence-corrected chi connectivity index (χ4v) is 2.04. The lowest BCUT2D eigenvalue weighted by atomic mass is 10.2. The predicted octanol–water partition coefficient (Wildman–Crippen LogP) is 1.14. The zero-order valence-electron chi connectivity index (χ0n) is 12.0. The van der Waals surface area contributed by atoms with Crippen LogP contribution in [0.1, 0.15) is 5.56 Å². The van der Waals surface area contributed by atoms with Gasteiger partial charge in [-0.25, -0.2) is 13.8 Å². The molecule has 1 aliphatic heterocycles. The molecule has 0 aromatic heterocycles. The summed E-state index contributed by atoms with van der Waals surface area (Å²) in [6.45, 7) is -0.220. The average Bonchev–Trinajstić information content (AvgIpc) is 2.75. The Morgan fingerprint density at radius 3 is 2.59 bits per heavy atom. The summed E-state index contributed by atoms with van der Waals surface area (Å²) in [4.78, 5) is 29.8. The van der Waals surface area contributed by atoms with Crippen molar-refractivity contribution < 1.29 is 28.3 Å². The van der Waals surface area contributed by atoms with Gasteiger partial charge in [0.25, 0.3) is 11.8 Å². The highest BCUT2D eigenvalue weighted by atomic mass is 19.2. The van der Waals surface area contributed by atoms with Crippen molar-refractivity contribution in [2.45, 2.75) is 6.54 Å². The first-order chi connectivity index (χ1) is 10.3. The van der Waals surface area contributed by atoms with Crippen molar-refractivity contribution in [1.82, 2.24) is 9.96 Å². The van der Waals surface area contributed by atoms with Crippen molar-refractivity contribution in [3.8, 4) is 0 Å². The molecule has 1 aromatic carbocycles. The van der Waals surface area contributed by atoms with E-state index in [4.69, 9.17) is 4.84 Å². The molecule has 2 amide bonds. The monoisotopic (exact) mass is 312 g/mol. The first kappa shape index (κ1) is 15.9. The highest BCUT2D eigenvalue weighted by Crippen LogP contribution is 2.19. The van der Waals surface area contributed by atoms with E-state index in [9.17, 15) is 23.5 Å². The van der Waals surface area contributed by atoms with Crippen LogP contribution in [-0.2, 0) is 21.0 Å². The second-order valence-electron chi connectivity index (χ2n) is 4.76. The van der Waals surface area contributed by atoms with Gasteiger partial charge in [0.2, 0.25) is 0 Å². The molecule has 8 heteroatoms. The highest BCUT2D eigenvalue weighted by molar-refractivity contribution is 6.06. The van der Waals surface area contributed by atoms with Crippen LogP contribution in [0.25, 0.3) is 0 Å². The topological polar surface area (TPSA) is 70.1 Å². The Labute approximate surface area is 125 Å². The van der Waals surface area contributed by atoms with E-state index in [2.05, 4.69) is 0 Å². The SMILES string of the molecule is CON(Cc1ccc(F)c(F)c1)C(=O)C1=C(O)C(=O)N(C)C1. The number of halogens is 2. The van der Waals surface area contributed by atoms with Gasteiger partial charge in [-0.3, -0.25) is 14.4 Å². The van der Waals surface area contributed by atoms with Crippen molar-refractivity contribution in [1.29, 1.82) is 0 Å². The van der Waals surface area contributed by atoms with E-state index in [0.717, 1.165) is 17.2 Å². The van der Waals surface area contributed by atoms with Crippen molar-refractivity contribution in [3.05, 3.63) is 46.7 Å². The smallest absolute Gasteiger partial charge is 0.289 e. The van der Waals surface area contributed by atoms with Gasteiger partial charge in [-0.05, 0) is 17.7 Å². The Balaban J connectivity index is 2.20. The zero-order chi connectivity index (χ0) is 16.4. The maximum Gasteiger partial charge on any atom is 0.289 e. The number of hydroxylamine groups is 2. The maximum atomic E-state index is 13.2. The third kappa shape index (κ3) is 2.91. The zero-order valence-corrected chi connectivity index (χ0v) is 12.0. The molecule has 1 N–H and O–H groups in total. The van der Waals surface area contributed by atoms with Crippen LogP contribution in [0, 0.1) is 11.6 Å². The predicted molar refractivity (Wildman–Crippen MR) is 71.2 cm³/mol. The summed E-state index contributed by atoms with van der Waals surface area (Å²) >= 11 is 0. The number of hydrogen-bond acceptors (Lipinski definition) is 4. The molecule has 22 heavy (non-hydrogen) atoms. The maximum absolute atomic E-state index is 13.2. The molecule has 0 aliphatic carbocycles. The fourth-order valence-electron chi connectivity index (χ4n) is 2.04. The Morgan fingerprint density at radius 2 is 2.09 bits per heavy atom. The van der Waals surface area contributed by atoms with Crippen LogP contribution in [-0.4, -0.2) is 47.6 Å². The van der Waals surface area contributed by atoms with Crippen molar-refractivity contribution in [2.24, 2.45) is 0 Å². The van der Waals surface area contributed by atoms with Crippen LogP contribution in [0.2, 0.25) is 0 Å². The number of aliphatic hydroxyl groups excluding tert-OH is 1. The molecule has 1 aromatic rings. The Bertz CT molecular complexity index is 660. The minimum Gasteiger partial charge on any atom is -0.503 e. The lowest BCUT2D eigenvalue weighted by Gasteiger charge is -2.20. The molecular weight excluding hydrogens is 298 g/mol. The fraction of sp³-hybridized carbons (Fsp3) is 0.286. The highest BCUT2D eigenvalue weighted by Gasteiger charge is 2.34. The number of carbonyl (C=O) groups is 2. The molecule has 1 heterocycles.